The summed E-state index contributed by atoms with van der Waals surface area (Å²) in [4.78, 5) is 0. The molecule has 0 aliphatic heterocycles. The summed E-state index contributed by atoms with van der Waals surface area (Å²) in [6, 6.07) is 9.18. The number of nitrogens with zero attached hydrogens (tertiary/aromatic N) is 4. The molecule has 4 rings (SSSR count). The van der Waals surface area contributed by atoms with Crippen molar-refractivity contribution in [1.29, 1.82) is 0 Å². The molecule has 0 aliphatic rings. The normalized spacial score (nSPS) is 11.5. The summed E-state index contributed by atoms with van der Waals surface area (Å²) in [6.45, 7) is 6.16. The van der Waals surface area contributed by atoms with Crippen LogP contribution in [0.4, 0.5) is 0 Å². The second-order valence-electron chi connectivity index (χ2n) is 7.38. The Bertz CT molecular complexity index is 1240. The van der Waals surface area contributed by atoms with Crippen molar-refractivity contribution in [3.63, 3.8) is 0 Å². The van der Waals surface area contributed by atoms with Gasteiger partial charge in [0.1, 0.15) is 17.2 Å². The van der Waals surface area contributed by atoms with E-state index >= 15 is 0 Å². The Hall–Kier alpha value is -3.13. The second kappa shape index (κ2) is 7.60. The number of rotatable bonds is 5. The van der Waals surface area contributed by atoms with Gasteiger partial charge in [-0.1, -0.05) is 6.92 Å². The molecule has 2 aromatic carbocycles. The molecule has 0 fully saturated rings. The molecule has 2 heterocycles. The maximum absolute atomic E-state index is 10.5. The predicted octanol–water partition coefficient (Wildman–Crippen LogP) is 4.74. The number of methoxy groups -OCH3 is 1. The first kappa shape index (κ1) is 20.2. The van der Waals surface area contributed by atoms with Crippen molar-refractivity contribution in [1.82, 2.24) is 19.3 Å². The molecule has 0 spiro atoms. The maximum atomic E-state index is 10.5. The highest BCUT2D eigenvalue weighted by atomic mass is 32.1. The number of benzene rings is 2. The average molecular weight is 425 g/mol. The summed E-state index contributed by atoms with van der Waals surface area (Å²) in [5.41, 5.74) is 2.97. The monoisotopic (exact) mass is 424 g/mol. The van der Waals surface area contributed by atoms with Gasteiger partial charge in [-0.25, -0.2) is 0 Å². The van der Waals surface area contributed by atoms with Crippen molar-refractivity contribution in [3.8, 4) is 34.3 Å². The third-order valence-electron chi connectivity index (χ3n) is 5.30. The third kappa shape index (κ3) is 3.08. The lowest BCUT2D eigenvalue weighted by molar-refractivity contribution is 0.416. The van der Waals surface area contributed by atoms with Gasteiger partial charge >= 0.3 is 0 Å². The van der Waals surface area contributed by atoms with Gasteiger partial charge < -0.3 is 19.5 Å². The number of hydrogen-bond acceptors (Lipinski definition) is 6. The summed E-state index contributed by atoms with van der Waals surface area (Å²) < 4.78 is 9.55. The van der Waals surface area contributed by atoms with Crippen LogP contribution in [-0.4, -0.2) is 36.7 Å². The number of hydrogen-bond donors (Lipinski definition) is 3. The van der Waals surface area contributed by atoms with E-state index in [0.717, 1.165) is 22.3 Å². The van der Waals surface area contributed by atoms with Crippen LogP contribution in [0.15, 0.2) is 41.7 Å². The number of aryl methyl sites for hydroxylation is 1. The Kier molecular flexibility index (Phi) is 5.11. The first-order valence-electron chi connectivity index (χ1n) is 9.74. The van der Waals surface area contributed by atoms with Gasteiger partial charge in [0.15, 0.2) is 11.0 Å². The minimum atomic E-state index is -0.0730. The molecular weight excluding hydrogens is 400 g/mol. The predicted molar refractivity (Wildman–Crippen MR) is 119 cm³/mol. The van der Waals surface area contributed by atoms with Gasteiger partial charge in [0.2, 0.25) is 0 Å². The van der Waals surface area contributed by atoms with E-state index in [-0.39, 0.29) is 17.5 Å². The van der Waals surface area contributed by atoms with Gasteiger partial charge in [-0.05, 0) is 50.1 Å². The molecule has 30 heavy (non-hydrogen) atoms. The zero-order chi connectivity index (χ0) is 21.6. The Balaban J connectivity index is 2.01. The van der Waals surface area contributed by atoms with Gasteiger partial charge in [0.25, 0.3) is 0 Å². The standard InChI is InChI=1S/C22H24N4O3S/c1-5-13-10-15(18(28)11-17(13)27)21-23-24-22(30)26(21)16-6-7-19(29-4)20-14(16)8-9-25(20)12(2)3/h6-12,27-28H,5H2,1-4H3,(H,24,30). The van der Waals surface area contributed by atoms with Crippen LogP contribution in [0.5, 0.6) is 17.2 Å². The van der Waals surface area contributed by atoms with E-state index in [1.54, 1.807) is 17.7 Å². The summed E-state index contributed by atoms with van der Waals surface area (Å²) in [6.07, 6.45) is 2.64. The van der Waals surface area contributed by atoms with Gasteiger partial charge in [-0.2, -0.15) is 0 Å². The second-order valence-corrected chi connectivity index (χ2v) is 7.78. The fourth-order valence-electron chi connectivity index (χ4n) is 3.78. The molecule has 0 atom stereocenters. The first-order valence-corrected chi connectivity index (χ1v) is 10.2. The van der Waals surface area contributed by atoms with Crippen LogP contribution in [-0.2, 0) is 6.42 Å². The van der Waals surface area contributed by atoms with Crippen molar-refractivity contribution in [2.75, 3.05) is 7.11 Å². The van der Waals surface area contributed by atoms with Crippen LogP contribution in [0, 0.1) is 0 Å². The van der Waals surface area contributed by atoms with Crippen LogP contribution >= 0.6 is 12.6 Å². The number of phenols is 2. The van der Waals surface area contributed by atoms with E-state index in [1.807, 2.05) is 31.3 Å². The zero-order valence-corrected chi connectivity index (χ0v) is 18.2. The van der Waals surface area contributed by atoms with Crippen LogP contribution < -0.4 is 4.74 Å². The number of aromatic nitrogens is 4. The molecular formula is C22H24N4O3S. The van der Waals surface area contributed by atoms with Crippen molar-refractivity contribution in [3.05, 3.63) is 42.1 Å². The van der Waals surface area contributed by atoms with E-state index in [2.05, 4.69) is 41.2 Å². The van der Waals surface area contributed by atoms with Gasteiger partial charge in [0.05, 0.1) is 23.9 Å². The lowest BCUT2D eigenvalue weighted by Crippen LogP contribution is -2.03. The number of fused-ring (bicyclic) bond motifs is 1. The van der Waals surface area contributed by atoms with Crippen LogP contribution in [0.25, 0.3) is 28.0 Å². The molecule has 4 aromatic rings. The lowest BCUT2D eigenvalue weighted by Gasteiger charge is -2.16. The van der Waals surface area contributed by atoms with Crippen LogP contribution in [0.3, 0.4) is 0 Å². The summed E-state index contributed by atoms with van der Waals surface area (Å²) in [5, 5.41) is 30.4. The molecule has 2 N–H and O–H groups in total. The minimum absolute atomic E-state index is 0.0526. The average Bonchev–Trinajstić information content (AvgIpc) is 3.32. The maximum Gasteiger partial charge on any atom is 0.193 e. The number of aromatic hydroxyl groups is 2. The molecule has 0 unspecified atom stereocenters. The lowest BCUT2D eigenvalue weighted by atomic mass is 10.1. The molecule has 0 aliphatic carbocycles. The summed E-state index contributed by atoms with van der Waals surface area (Å²) >= 11 is 4.53. The van der Waals surface area contributed by atoms with E-state index < -0.39 is 0 Å². The SMILES string of the molecule is CCc1cc(-c2nnc(S)n2-c2ccc(OC)c3c2ccn3C(C)C)c(O)cc1O. The van der Waals surface area contributed by atoms with E-state index in [4.69, 9.17) is 4.74 Å². The van der Waals surface area contributed by atoms with Crippen molar-refractivity contribution in [2.45, 2.75) is 38.4 Å². The molecule has 0 amide bonds. The highest BCUT2D eigenvalue weighted by molar-refractivity contribution is 7.80. The van der Waals surface area contributed by atoms with Crippen molar-refractivity contribution < 1.29 is 14.9 Å². The highest BCUT2D eigenvalue weighted by Crippen LogP contribution is 2.39. The molecule has 0 saturated carbocycles. The molecule has 8 heteroatoms. The summed E-state index contributed by atoms with van der Waals surface area (Å²) in [5.74, 6) is 1.19. The third-order valence-corrected chi connectivity index (χ3v) is 5.59. The van der Waals surface area contributed by atoms with Gasteiger partial charge in [-0.3, -0.25) is 4.57 Å². The van der Waals surface area contributed by atoms with E-state index in [0.29, 0.717) is 28.5 Å². The molecule has 0 saturated heterocycles. The number of phenolic OH excluding ortho intramolecular Hbond substituents is 2. The molecule has 0 bridgehead atoms. The molecule has 7 nitrogen and oxygen atoms in total. The first-order chi connectivity index (χ1) is 14.4. The quantitative estimate of drug-likeness (QED) is 0.403. The van der Waals surface area contributed by atoms with Crippen molar-refractivity contribution in [2.24, 2.45) is 0 Å². The van der Waals surface area contributed by atoms with Gasteiger partial charge in [-0.15, -0.1) is 22.8 Å². The number of ether oxygens (including phenoxy) is 1. The molecule has 0 radical (unpaired) electrons. The fraction of sp³-hybridized carbons (Fsp3) is 0.273. The van der Waals surface area contributed by atoms with E-state index in [9.17, 15) is 10.2 Å². The number of thiol groups is 1. The Labute approximate surface area is 180 Å². The Morgan fingerprint density at radius 3 is 2.53 bits per heavy atom. The summed E-state index contributed by atoms with van der Waals surface area (Å²) in [7, 11) is 1.65. The highest BCUT2D eigenvalue weighted by Gasteiger charge is 2.22. The smallest absolute Gasteiger partial charge is 0.193 e. The van der Waals surface area contributed by atoms with Crippen LogP contribution in [0.2, 0.25) is 0 Å². The zero-order valence-electron chi connectivity index (χ0n) is 17.3. The minimum Gasteiger partial charge on any atom is -0.508 e. The largest absolute Gasteiger partial charge is 0.508 e. The van der Waals surface area contributed by atoms with Crippen molar-refractivity contribution >= 4 is 23.5 Å². The Morgan fingerprint density at radius 2 is 1.87 bits per heavy atom. The van der Waals surface area contributed by atoms with Gasteiger partial charge in [0, 0.05) is 23.7 Å². The van der Waals surface area contributed by atoms with Crippen LogP contribution in [0.1, 0.15) is 32.4 Å². The fourth-order valence-corrected chi connectivity index (χ4v) is 4.03. The Morgan fingerprint density at radius 1 is 1.10 bits per heavy atom. The topological polar surface area (TPSA) is 85.3 Å². The molecule has 156 valence electrons. The molecule has 2 aromatic heterocycles. The van der Waals surface area contributed by atoms with E-state index in [1.165, 1.54) is 6.07 Å².